The smallest absolute Gasteiger partial charge is 0.323 e. The average molecular weight is 202 g/mol. The van der Waals surface area contributed by atoms with Gasteiger partial charge >= 0.3 is 11.8 Å². The molecule has 0 saturated heterocycles. The summed E-state index contributed by atoms with van der Waals surface area (Å²) in [6, 6.07) is -0.299. The zero-order valence-corrected chi connectivity index (χ0v) is 8.11. The highest BCUT2D eigenvalue weighted by Gasteiger charge is 2.24. The van der Waals surface area contributed by atoms with Crippen LogP contribution in [0, 0.1) is 0 Å². The first-order valence-electron chi connectivity index (χ1n) is 4.00. The third kappa shape index (κ3) is 3.40. The molecule has 0 rings (SSSR count). The average Bonchev–Trinajstić information content (AvgIpc) is 2.11. The number of nitrogens with one attached hydrogen (secondary N) is 1. The van der Waals surface area contributed by atoms with Gasteiger partial charge in [0.05, 0.1) is 0 Å². The molecule has 3 amide bonds. The fraction of sp³-hybridized carbons (Fsp3) is 0.571. The lowest BCUT2D eigenvalue weighted by atomic mass is 10.3. The van der Waals surface area contributed by atoms with Crippen molar-refractivity contribution in [2.45, 2.75) is 19.9 Å². The molecule has 5 N–H and O–H groups in total. The molecule has 0 saturated carbocycles. The molecular formula is C7H14N4O3. The molecule has 0 atom stereocenters. The standard InChI is InChI=1S/C7H14N4O3/c1-4(2)11(3-5(8)12)7(14)6(13)10-9/h4H,3,9H2,1-2H3,(H2,8,12)(H,10,13). The van der Waals surface area contributed by atoms with Crippen LogP contribution in [-0.2, 0) is 14.4 Å². The van der Waals surface area contributed by atoms with Crippen LogP contribution in [0.4, 0.5) is 0 Å². The Bertz CT molecular complexity index is 251. The second-order valence-electron chi connectivity index (χ2n) is 2.97. The number of nitrogens with two attached hydrogens (primary N) is 2. The van der Waals surface area contributed by atoms with Gasteiger partial charge in [-0.2, -0.15) is 0 Å². The number of carbonyl (C=O) groups excluding carboxylic acids is 3. The van der Waals surface area contributed by atoms with E-state index in [0.717, 1.165) is 4.90 Å². The van der Waals surface area contributed by atoms with E-state index in [2.05, 4.69) is 0 Å². The first-order chi connectivity index (χ1) is 6.40. The van der Waals surface area contributed by atoms with Gasteiger partial charge in [0, 0.05) is 6.04 Å². The second kappa shape index (κ2) is 5.18. The molecule has 0 spiro atoms. The Morgan fingerprint density at radius 2 is 1.86 bits per heavy atom. The van der Waals surface area contributed by atoms with E-state index < -0.39 is 17.7 Å². The summed E-state index contributed by atoms with van der Waals surface area (Å²) in [5, 5.41) is 0. The van der Waals surface area contributed by atoms with Gasteiger partial charge in [-0.15, -0.1) is 0 Å². The molecule has 14 heavy (non-hydrogen) atoms. The predicted octanol–water partition coefficient (Wildman–Crippen LogP) is -2.30. The van der Waals surface area contributed by atoms with E-state index in [1.165, 1.54) is 0 Å². The van der Waals surface area contributed by atoms with Crippen molar-refractivity contribution >= 4 is 17.7 Å². The lowest BCUT2D eigenvalue weighted by Gasteiger charge is -2.23. The van der Waals surface area contributed by atoms with E-state index in [1.54, 1.807) is 19.3 Å². The van der Waals surface area contributed by atoms with Gasteiger partial charge in [0.1, 0.15) is 6.54 Å². The maximum Gasteiger partial charge on any atom is 0.323 e. The SMILES string of the molecule is CC(C)N(CC(N)=O)C(=O)C(=O)NN. The molecule has 0 fully saturated rings. The minimum Gasteiger partial charge on any atom is -0.368 e. The Labute approximate surface area is 81.4 Å². The van der Waals surface area contributed by atoms with Crippen LogP contribution < -0.4 is 17.0 Å². The number of hydrazine groups is 1. The van der Waals surface area contributed by atoms with Gasteiger partial charge in [0.15, 0.2) is 0 Å². The summed E-state index contributed by atoms with van der Waals surface area (Å²) in [6.07, 6.45) is 0. The van der Waals surface area contributed by atoms with Crippen molar-refractivity contribution in [2.75, 3.05) is 6.54 Å². The zero-order valence-electron chi connectivity index (χ0n) is 8.11. The topological polar surface area (TPSA) is 119 Å². The Hall–Kier alpha value is -1.63. The molecule has 0 unspecified atom stereocenters. The fourth-order valence-corrected chi connectivity index (χ4v) is 0.849. The van der Waals surface area contributed by atoms with Crippen LogP contribution >= 0.6 is 0 Å². The summed E-state index contributed by atoms with van der Waals surface area (Å²) < 4.78 is 0. The van der Waals surface area contributed by atoms with E-state index in [-0.39, 0.29) is 12.6 Å². The van der Waals surface area contributed by atoms with E-state index in [0.29, 0.717) is 0 Å². The van der Waals surface area contributed by atoms with Gasteiger partial charge in [-0.25, -0.2) is 5.84 Å². The van der Waals surface area contributed by atoms with Crippen LogP contribution in [-0.4, -0.2) is 35.2 Å². The number of primary amides is 1. The van der Waals surface area contributed by atoms with Gasteiger partial charge in [-0.1, -0.05) is 0 Å². The first kappa shape index (κ1) is 12.4. The van der Waals surface area contributed by atoms with E-state index in [1.807, 2.05) is 0 Å². The monoisotopic (exact) mass is 202 g/mol. The number of amides is 3. The Morgan fingerprint density at radius 3 is 2.14 bits per heavy atom. The van der Waals surface area contributed by atoms with E-state index in [4.69, 9.17) is 11.6 Å². The zero-order chi connectivity index (χ0) is 11.3. The minimum absolute atomic E-state index is 0.299. The van der Waals surface area contributed by atoms with Crippen molar-refractivity contribution in [1.82, 2.24) is 10.3 Å². The maximum absolute atomic E-state index is 11.3. The van der Waals surface area contributed by atoms with E-state index >= 15 is 0 Å². The molecule has 0 heterocycles. The molecule has 0 aliphatic heterocycles. The van der Waals surface area contributed by atoms with Crippen LogP contribution in [0.2, 0.25) is 0 Å². The molecule has 0 aromatic rings. The Morgan fingerprint density at radius 1 is 1.36 bits per heavy atom. The molecular weight excluding hydrogens is 188 g/mol. The number of hydrogen-bond donors (Lipinski definition) is 3. The quantitative estimate of drug-likeness (QED) is 0.206. The van der Waals surface area contributed by atoms with Crippen LogP contribution in [0.15, 0.2) is 0 Å². The number of carbonyl (C=O) groups is 3. The van der Waals surface area contributed by atoms with Crippen molar-refractivity contribution in [1.29, 1.82) is 0 Å². The highest BCUT2D eigenvalue weighted by Crippen LogP contribution is 1.98. The van der Waals surface area contributed by atoms with Crippen molar-refractivity contribution < 1.29 is 14.4 Å². The molecule has 0 aromatic carbocycles. The summed E-state index contributed by atoms with van der Waals surface area (Å²) in [4.78, 5) is 33.8. The largest absolute Gasteiger partial charge is 0.368 e. The van der Waals surface area contributed by atoms with Crippen LogP contribution in [0.1, 0.15) is 13.8 Å². The highest BCUT2D eigenvalue weighted by molar-refractivity contribution is 6.35. The summed E-state index contributed by atoms with van der Waals surface area (Å²) >= 11 is 0. The molecule has 0 aliphatic rings. The van der Waals surface area contributed by atoms with Crippen molar-refractivity contribution in [2.24, 2.45) is 11.6 Å². The lowest BCUT2D eigenvalue weighted by Crippen LogP contribution is -2.50. The van der Waals surface area contributed by atoms with Gasteiger partial charge in [0.25, 0.3) is 0 Å². The molecule has 0 radical (unpaired) electrons. The number of hydrogen-bond acceptors (Lipinski definition) is 4. The van der Waals surface area contributed by atoms with Crippen LogP contribution in [0.25, 0.3) is 0 Å². The highest BCUT2D eigenvalue weighted by atomic mass is 16.2. The normalized spacial score (nSPS) is 9.71. The molecule has 0 aromatic heterocycles. The third-order valence-corrected chi connectivity index (χ3v) is 1.54. The minimum atomic E-state index is -0.972. The van der Waals surface area contributed by atoms with Crippen molar-refractivity contribution in [3.05, 3.63) is 0 Å². The van der Waals surface area contributed by atoms with Gasteiger partial charge < -0.3 is 10.6 Å². The summed E-state index contributed by atoms with van der Waals surface area (Å²) in [5.74, 6) is 2.25. The van der Waals surface area contributed by atoms with Crippen molar-refractivity contribution in [3.63, 3.8) is 0 Å². The fourth-order valence-electron chi connectivity index (χ4n) is 0.849. The van der Waals surface area contributed by atoms with Crippen LogP contribution in [0.5, 0.6) is 0 Å². The predicted molar refractivity (Wildman–Crippen MR) is 48.4 cm³/mol. The molecule has 0 aliphatic carbocycles. The van der Waals surface area contributed by atoms with E-state index in [9.17, 15) is 14.4 Å². The Balaban J connectivity index is 4.57. The number of nitrogens with zero attached hydrogens (tertiary/aromatic N) is 1. The molecule has 7 heteroatoms. The van der Waals surface area contributed by atoms with Crippen molar-refractivity contribution in [3.8, 4) is 0 Å². The van der Waals surface area contributed by atoms with Crippen LogP contribution in [0.3, 0.4) is 0 Å². The molecule has 0 bridgehead atoms. The summed E-state index contributed by atoms with van der Waals surface area (Å²) in [7, 11) is 0. The summed E-state index contributed by atoms with van der Waals surface area (Å²) in [6.45, 7) is 3.01. The molecule has 80 valence electrons. The lowest BCUT2D eigenvalue weighted by molar-refractivity contribution is -0.148. The number of rotatable bonds is 3. The summed E-state index contributed by atoms with van der Waals surface area (Å²) in [5.41, 5.74) is 6.61. The van der Waals surface area contributed by atoms with Gasteiger partial charge in [-0.3, -0.25) is 19.8 Å². The first-order valence-corrected chi connectivity index (χ1v) is 4.00. The van der Waals surface area contributed by atoms with Gasteiger partial charge in [-0.05, 0) is 13.8 Å². The Kier molecular flexibility index (Phi) is 4.57. The third-order valence-electron chi connectivity index (χ3n) is 1.54. The molecule has 7 nitrogen and oxygen atoms in total. The maximum atomic E-state index is 11.3. The van der Waals surface area contributed by atoms with Gasteiger partial charge in [0.2, 0.25) is 5.91 Å². The second-order valence-corrected chi connectivity index (χ2v) is 2.97.